The number of hydrogen-bond acceptors (Lipinski definition) is 3. The molecule has 1 aromatic carbocycles. The molecule has 28 heavy (non-hydrogen) atoms. The van der Waals surface area contributed by atoms with E-state index in [-0.39, 0.29) is 23.3 Å². The molecule has 0 radical (unpaired) electrons. The number of aromatic amines is 1. The van der Waals surface area contributed by atoms with Gasteiger partial charge in [0.15, 0.2) is 6.61 Å². The second kappa shape index (κ2) is 6.36. The summed E-state index contributed by atoms with van der Waals surface area (Å²) in [5.74, 6) is 0.613. The summed E-state index contributed by atoms with van der Waals surface area (Å²) >= 11 is 0. The van der Waals surface area contributed by atoms with Gasteiger partial charge < -0.3 is 15.0 Å². The molecule has 0 spiro atoms. The third-order valence-electron chi connectivity index (χ3n) is 5.42. The van der Waals surface area contributed by atoms with Crippen molar-refractivity contribution in [2.75, 3.05) is 11.9 Å². The minimum atomic E-state index is -0.120. The number of benzene rings is 1. The number of carbonyl (C=O) groups excluding carboxylic acids is 1. The number of pyridine rings is 1. The van der Waals surface area contributed by atoms with Crippen LogP contribution in [-0.4, -0.2) is 22.5 Å². The highest BCUT2D eigenvalue weighted by Crippen LogP contribution is 2.35. The third-order valence-corrected chi connectivity index (χ3v) is 5.42. The van der Waals surface area contributed by atoms with Crippen LogP contribution >= 0.6 is 0 Å². The summed E-state index contributed by atoms with van der Waals surface area (Å²) in [6.45, 7) is 11.1. The summed E-state index contributed by atoms with van der Waals surface area (Å²) in [5.41, 5.74) is 6.28. The highest BCUT2D eigenvalue weighted by molar-refractivity contribution is 5.95. The number of fused-ring (bicyclic) bond motifs is 2. The summed E-state index contributed by atoms with van der Waals surface area (Å²) in [6.07, 6.45) is 2.80. The predicted molar refractivity (Wildman–Crippen MR) is 112 cm³/mol. The molecule has 1 aliphatic heterocycles. The number of anilines is 1. The van der Waals surface area contributed by atoms with Gasteiger partial charge in [0.05, 0.1) is 16.7 Å². The molecule has 1 aliphatic rings. The van der Waals surface area contributed by atoms with E-state index in [9.17, 15) is 4.79 Å². The molecule has 2 aromatic heterocycles. The van der Waals surface area contributed by atoms with Crippen LogP contribution in [0.5, 0.6) is 5.75 Å². The molecule has 5 nitrogen and oxygen atoms in total. The van der Waals surface area contributed by atoms with Gasteiger partial charge in [-0.1, -0.05) is 40.7 Å². The molecular formula is C23H27N3O2. The number of ether oxygens (including phenoxy) is 1. The minimum Gasteiger partial charge on any atom is -0.482 e. The minimum absolute atomic E-state index is 0.0708. The molecule has 146 valence electrons. The second-order valence-electron chi connectivity index (χ2n) is 9.31. The maximum Gasteiger partial charge on any atom is 0.262 e. The first-order chi connectivity index (χ1) is 13.1. The first kappa shape index (κ1) is 18.5. The fraction of sp³-hybridized carbons (Fsp3) is 0.391. The van der Waals surface area contributed by atoms with E-state index >= 15 is 0 Å². The molecule has 0 saturated heterocycles. The summed E-state index contributed by atoms with van der Waals surface area (Å²) in [7, 11) is 0. The van der Waals surface area contributed by atoms with Crippen LogP contribution in [0.25, 0.3) is 11.0 Å². The smallest absolute Gasteiger partial charge is 0.262 e. The number of H-pyrrole nitrogens is 1. The van der Waals surface area contributed by atoms with Crippen molar-refractivity contribution in [3.05, 3.63) is 53.3 Å². The molecule has 0 saturated carbocycles. The molecule has 0 aliphatic carbocycles. The van der Waals surface area contributed by atoms with Gasteiger partial charge in [-0.05, 0) is 52.6 Å². The van der Waals surface area contributed by atoms with Crippen LogP contribution in [-0.2, 0) is 22.0 Å². The zero-order chi connectivity index (χ0) is 20.1. The Hall–Kier alpha value is -2.82. The van der Waals surface area contributed by atoms with Crippen molar-refractivity contribution in [3.8, 4) is 5.75 Å². The van der Waals surface area contributed by atoms with Gasteiger partial charge in [-0.25, -0.2) is 0 Å². The van der Waals surface area contributed by atoms with Crippen molar-refractivity contribution >= 4 is 22.6 Å². The number of carbonyl (C=O) groups is 1. The van der Waals surface area contributed by atoms with E-state index in [1.807, 2.05) is 18.3 Å². The van der Waals surface area contributed by atoms with Gasteiger partial charge >= 0.3 is 0 Å². The van der Waals surface area contributed by atoms with Gasteiger partial charge in [-0.2, -0.15) is 0 Å². The zero-order valence-corrected chi connectivity index (χ0v) is 17.1. The van der Waals surface area contributed by atoms with Gasteiger partial charge in [0.2, 0.25) is 0 Å². The largest absolute Gasteiger partial charge is 0.482 e. The van der Waals surface area contributed by atoms with E-state index < -0.39 is 0 Å². The Morgan fingerprint density at radius 2 is 1.86 bits per heavy atom. The molecule has 3 heterocycles. The molecule has 1 amide bonds. The second-order valence-corrected chi connectivity index (χ2v) is 9.31. The third kappa shape index (κ3) is 3.49. The van der Waals surface area contributed by atoms with E-state index in [1.165, 1.54) is 5.56 Å². The van der Waals surface area contributed by atoms with Crippen molar-refractivity contribution in [3.63, 3.8) is 0 Å². The van der Waals surface area contributed by atoms with Crippen LogP contribution in [0.4, 0.5) is 5.69 Å². The van der Waals surface area contributed by atoms with Gasteiger partial charge in [0, 0.05) is 11.9 Å². The number of nitrogens with zero attached hydrogens (tertiary/aromatic N) is 1. The number of hydrogen-bond donors (Lipinski definition) is 2. The Morgan fingerprint density at radius 1 is 1.07 bits per heavy atom. The number of amides is 1. The molecule has 0 atom stereocenters. The molecule has 4 rings (SSSR count). The Morgan fingerprint density at radius 3 is 2.61 bits per heavy atom. The highest BCUT2D eigenvalue weighted by atomic mass is 16.5. The van der Waals surface area contributed by atoms with E-state index in [0.717, 1.165) is 40.1 Å². The summed E-state index contributed by atoms with van der Waals surface area (Å²) in [5, 5.41) is 2.90. The van der Waals surface area contributed by atoms with Crippen LogP contribution in [0.1, 0.15) is 51.4 Å². The fourth-order valence-corrected chi connectivity index (χ4v) is 3.65. The maximum absolute atomic E-state index is 11.6. The van der Waals surface area contributed by atoms with Gasteiger partial charge in [0.1, 0.15) is 5.75 Å². The van der Waals surface area contributed by atoms with E-state index in [2.05, 4.69) is 68.1 Å². The average molecular weight is 377 g/mol. The normalized spacial score (nSPS) is 14.5. The van der Waals surface area contributed by atoms with Gasteiger partial charge in [-0.15, -0.1) is 0 Å². The Bertz CT molecular complexity index is 1060. The summed E-state index contributed by atoms with van der Waals surface area (Å²) in [4.78, 5) is 19.8. The van der Waals surface area contributed by atoms with Crippen LogP contribution in [0.2, 0.25) is 0 Å². The van der Waals surface area contributed by atoms with Crippen LogP contribution in [0, 0.1) is 0 Å². The first-order valence-corrected chi connectivity index (χ1v) is 9.67. The molecule has 3 aromatic rings. The van der Waals surface area contributed by atoms with Crippen molar-refractivity contribution in [2.24, 2.45) is 0 Å². The molecular weight excluding hydrogens is 350 g/mol. The molecule has 5 heteroatoms. The van der Waals surface area contributed by atoms with Crippen molar-refractivity contribution in [1.82, 2.24) is 9.97 Å². The van der Waals surface area contributed by atoms with Crippen molar-refractivity contribution in [1.29, 1.82) is 0 Å². The van der Waals surface area contributed by atoms with E-state index in [0.29, 0.717) is 0 Å². The lowest BCUT2D eigenvalue weighted by Gasteiger charge is -2.27. The van der Waals surface area contributed by atoms with Gasteiger partial charge in [0.25, 0.3) is 5.91 Å². The SMILES string of the molecule is CC(C)(C)c1cnc2cc(CC(C)(C)c3ccc4c(c3)NC(=O)CO4)[nH]c2c1. The lowest BCUT2D eigenvalue weighted by molar-refractivity contribution is -0.118. The molecule has 0 fully saturated rings. The van der Waals surface area contributed by atoms with Crippen molar-refractivity contribution < 1.29 is 9.53 Å². The Balaban J connectivity index is 1.62. The van der Waals surface area contributed by atoms with E-state index in [4.69, 9.17) is 4.74 Å². The predicted octanol–water partition coefficient (Wildman–Crippen LogP) is 4.71. The van der Waals surface area contributed by atoms with Crippen LogP contribution in [0.3, 0.4) is 0 Å². The summed E-state index contributed by atoms with van der Waals surface area (Å²) < 4.78 is 5.47. The van der Waals surface area contributed by atoms with Gasteiger partial charge in [-0.3, -0.25) is 9.78 Å². The standard InChI is InChI=1S/C23H27N3O2/c1-22(2,3)15-9-18-17(24-12-15)10-16(25-18)11-23(4,5)14-6-7-20-19(8-14)26-21(27)13-28-20/h6-10,12,25H,11,13H2,1-5H3,(H,26,27). The Labute approximate surface area is 165 Å². The van der Waals surface area contributed by atoms with Crippen LogP contribution < -0.4 is 10.1 Å². The quantitative estimate of drug-likeness (QED) is 0.694. The first-order valence-electron chi connectivity index (χ1n) is 9.67. The fourth-order valence-electron chi connectivity index (χ4n) is 3.65. The molecule has 0 bridgehead atoms. The van der Waals surface area contributed by atoms with Crippen molar-refractivity contribution in [2.45, 2.75) is 51.9 Å². The highest BCUT2D eigenvalue weighted by Gasteiger charge is 2.25. The van der Waals surface area contributed by atoms with E-state index in [1.54, 1.807) is 0 Å². The maximum atomic E-state index is 11.6. The molecule has 2 N–H and O–H groups in total. The number of rotatable bonds is 3. The topological polar surface area (TPSA) is 67.0 Å². The number of aromatic nitrogens is 2. The average Bonchev–Trinajstić information content (AvgIpc) is 3.00. The monoisotopic (exact) mass is 377 g/mol. The van der Waals surface area contributed by atoms with Crippen LogP contribution in [0.15, 0.2) is 36.5 Å². The zero-order valence-electron chi connectivity index (χ0n) is 17.1. The Kier molecular flexibility index (Phi) is 4.21. The lowest BCUT2D eigenvalue weighted by Crippen LogP contribution is -2.26. The molecule has 0 unspecified atom stereocenters. The summed E-state index contributed by atoms with van der Waals surface area (Å²) in [6, 6.07) is 10.4. The number of nitrogens with one attached hydrogen (secondary N) is 2. The lowest BCUT2D eigenvalue weighted by atomic mass is 9.80.